The second-order valence-electron chi connectivity index (χ2n) is 20.6. The highest BCUT2D eigenvalue weighted by molar-refractivity contribution is 7.26. The van der Waals surface area contributed by atoms with E-state index in [1.807, 2.05) is 11.3 Å². The Morgan fingerprint density at radius 1 is 0.338 bits per heavy atom. The molecule has 12 aromatic carbocycles. The van der Waals surface area contributed by atoms with Crippen LogP contribution in [0, 0.1) is 0 Å². The predicted molar refractivity (Wildman–Crippen MR) is 322 cm³/mol. The van der Waals surface area contributed by atoms with Crippen molar-refractivity contribution >= 4 is 65.6 Å². The van der Waals surface area contributed by atoms with E-state index >= 15 is 0 Å². The molecule has 2 aliphatic carbocycles. The highest BCUT2D eigenvalue weighted by atomic mass is 32.1. The van der Waals surface area contributed by atoms with E-state index in [1.54, 1.807) is 0 Å². The van der Waals surface area contributed by atoms with Crippen LogP contribution in [-0.4, -0.2) is 0 Å². The average molecular weight is 997 g/mol. The predicted octanol–water partition coefficient (Wildman–Crippen LogP) is 19.7. The number of hydrogen-bond donors (Lipinski definition) is 0. The molecule has 13 aromatic rings. The number of anilines is 6. The van der Waals surface area contributed by atoms with E-state index < -0.39 is 10.8 Å². The summed E-state index contributed by atoms with van der Waals surface area (Å²) in [5.41, 5.74) is 23.2. The lowest BCUT2D eigenvalue weighted by Gasteiger charge is -2.45. The van der Waals surface area contributed by atoms with Crippen LogP contribution in [0.4, 0.5) is 34.1 Å². The van der Waals surface area contributed by atoms with Gasteiger partial charge in [0.25, 0.3) is 0 Å². The van der Waals surface area contributed by atoms with Crippen LogP contribution in [-0.2, 0) is 10.8 Å². The van der Waals surface area contributed by atoms with Crippen LogP contribution in [0.2, 0.25) is 0 Å². The highest BCUT2D eigenvalue weighted by Crippen LogP contribution is 2.67. The second-order valence-corrected chi connectivity index (χ2v) is 21.7. The van der Waals surface area contributed by atoms with Crippen molar-refractivity contribution < 1.29 is 0 Å². The van der Waals surface area contributed by atoms with E-state index in [0.717, 1.165) is 22.7 Å². The van der Waals surface area contributed by atoms with Crippen molar-refractivity contribution in [3.63, 3.8) is 0 Å². The summed E-state index contributed by atoms with van der Waals surface area (Å²) in [6, 6.07) is 109. The minimum Gasteiger partial charge on any atom is -0.310 e. The number of rotatable bonds is 8. The van der Waals surface area contributed by atoms with Crippen LogP contribution in [0.15, 0.2) is 291 Å². The number of thiophene rings is 1. The van der Waals surface area contributed by atoms with Gasteiger partial charge in [-0.3, -0.25) is 0 Å². The van der Waals surface area contributed by atoms with Crippen molar-refractivity contribution in [3.8, 4) is 33.4 Å². The summed E-state index contributed by atoms with van der Waals surface area (Å²) >= 11 is 1.87. The van der Waals surface area contributed by atoms with Crippen LogP contribution in [0.25, 0.3) is 53.6 Å². The third-order valence-corrected chi connectivity index (χ3v) is 18.0. The Labute approximate surface area is 452 Å². The summed E-state index contributed by atoms with van der Waals surface area (Å²) < 4.78 is 2.54. The topological polar surface area (TPSA) is 6.48 Å². The molecule has 1 unspecified atom stereocenters. The zero-order valence-corrected chi connectivity index (χ0v) is 42.8. The van der Waals surface area contributed by atoms with Crippen LogP contribution in [0.1, 0.15) is 44.5 Å². The number of hydrogen-bond acceptors (Lipinski definition) is 3. The Balaban J connectivity index is 1.02. The summed E-state index contributed by atoms with van der Waals surface area (Å²) in [5, 5.41) is 2.52. The van der Waals surface area contributed by atoms with E-state index in [9.17, 15) is 0 Å². The van der Waals surface area contributed by atoms with Gasteiger partial charge in [0.1, 0.15) is 0 Å². The number of para-hydroxylation sites is 2. The maximum absolute atomic E-state index is 2.58. The molecule has 0 amide bonds. The van der Waals surface area contributed by atoms with Gasteiger partial charge < -0.3 is 9.80 Å². The number of fused-ring (bicyclic) bond motifs is 11. The molecule has 2 nitrogen and oxygen atoms in total. The molecule has 2 heterocycles. The molecule has 1 aliphatic heterocycles. The molecule has 3 aliphatic rings. The van der Waals surface area contributed by atoms with Gasteiger partial charge in [-0.2, -0.15) is 0 Å². The first-order chi connectivity index (χ1) is 38.2. The van der Waals surface area contributed by atoms with Gasteiger partial charge in [0.05, 0.1) is 27.9 Å². The fourth-order valence-electron chi connectivity index (χ4n) is 14.0. The van der Waals surface area contributed by atoms with E-state index in [2.05, 4.69) is 301 Å². The first kappa shape index (κ1) is 43.8. The summed E-state index contributed by atoms with van der Waals surface area (Å²) in [4.78, 5) is 5.08. The summed E-state index contributed by atoms with van der Waals surface area (Å²) in [7, 11) is 0. The van der Waals surface area contributed by atoms with E-state index in [0.29, 0.717) is 0 Å². The van der Waals surface area contributed by atoms with Crippen molar-refractivity contribution in [2.24, 2.45) is 0 Å². The van der Waals surface area contributed by atoms with Crippen molar-refractivity contribution in [1.82, 2.24) is 0 Å². The molecule has 0 spiro atoms. The van der Waals surface area contributed by atoms with Crippen molar-refractivity contribution in [2.45, 2.75) is 10.8 Å². The zero-order valence-electron chi connectivity index (χ0n) is 42.0. The summed E-state index contributed by atoms with van der Waals surface area (Å²) in [6.45, 7) is 0. The molecule has 1 atom stereocenters. The lowest BCUT2D eigenvalue weighted by Crippen LogP contribution is -2.36. The quantitative estimate of drug-likeness (QED) is 0.150. The monoisotopic (exact) mass is 996 g/mol. The lowest BCUT2D eigenvalue weighted by atomic mass is 9.64. The molecule has 3 heteroatoms. The third kappa shape index (κ3) is 6.12. The molecule has 0 fully saturated rings. The Morgan fingerprint density at radius 2 is 0.857 bits per heavy atom. The first-order valence-corrected chi connectivity index (χ1v) is 27.5. The van der Waals surface area contributed by atoms with Crippen LogP contribution in [0.3, 0.4) is 0 Å². The van der Waals surface area contributed by atoms with E-state index in [1.165, 1.54) is 109 Å². The molecule has 0 radical (unpaired) electrons. The third-order valence-electron chi connectivity index (χ3n) is 16.9. The normalized spacial score (nSPS) is 15.1. The molecule has 360 valence electrons. The van der Waals surface area contributed by atoms with Gasteiger partial charge in [-0.05, 0) is 139 Å². The maximum Gasteiger partial charge on any atom is 0.0755 e. The first-order valence-electron chi connectivity index (χ1n) is 26.7. The minimum atomic E-state index is -0.688. The molecule has 77 heavy (non-hydrogen) atoms. The number of nitrogens with zero attached hydrogens (tertiary/aromatic N) is 2. The van der Waals surface area contributed by atoms with Gasteiger partial charge in [0.2, 0.25) is 0 Å². The molecule has 16 rings (SSSR count). The standard InChI is InChI=1S/C74H48N2S/c1-6-23-49(24-7-1)56-45-46-67-72-70(56)59-44-42-55(48-64(59)74(72,52-29-12-4-13-30-52)62-36-19-20-37-65(62)76(67)53-31-14-5-15-32-53)75(66-38-22-40-69-71(66)60-34-17-21-39-68(60)77-69)54-41-43-58-57-33-16-18-35-61(57)73(63(58)47-54,50-25-8-2-9-26-50)51-27-10-3-11-28-51/h1-48H. The molecule has 0 bridgehead atoms. The van der Waals surface area contributed by atoms with E-state index in [4.69, 9.17) is 0 Å². The average Bonchev–Trinajstić information content (AvgIpc) is 3.64. The Kier molecular flexibility index (Phi) is 9.67. The molecule has 0 saturated carbocycles. The fraction of sp³-hybridized carbons (Fsp3) is 0.0270. The molecular weight excluding hydrogens is 949 g/mol. The van der Waals surface area contributed by atoms with Gasteiger partial charge >= 0.3 is 0 Å². The van der Waals surface area contributed by atoms with Gasteiger partial charge in [-0.1, -0.05) is 224 Å². The minimum absolute atomic E-state index is 0.575. The van der Waals surface area contributed by atoms with Gasteiger partial charge in [0.15, 0.2) is 0 Å². The van der Waals surface area contributed by atoms with Crippen LogP contribution >= 0.6 is 11.3 Å². The van der Waals surface area contributed by atoms with Gasteiger partial charge in [-0.15, -0.1) is 11.3 Å². The summed E-state index contributed by atoms with van der Waals surface area (Å²) in [6.07, 6.45) is 0. The van der Waals surface area contributed by atoms with E-state index in [-0.39, 0.29) is 0 Å². The van der Waals surface area contributed by atoms with Gasteiger partial charge in [0, 0.05) is 42.8 Å². The Hall–Kier alpha value is -9.54. The largest absolute Gasteiger partial charge is 0.310 e. The Bertz CT molecular complexity index is 4410. The van der Waals surface area contributed by atoms with Crippen molar-refractivity contribution in [1.29, 1.82) is 0 Å². The van der Waals surface area contributed by atoms with Crippen molar-refractivity contribution in [3.05, 3.63) is 336 Å². The molecular formula is C74H48N2S. The molecule has 1 aromatic heterocycles. The molecule has 0 saturated heterocycles. The Morgan fingerprint density at radius 3 is 1.56 bits per heavy atom. The molecule has 0 N–H and O–H groups in total. The fourth-order valence-corrected chi connectivity index (χ4v) is 15.1. The van der Waals surface area contributed by atoms with Crippen LogP contribution in [0.5, 0.6) is 0 Å². The van der Waals surface area contributed by atoms with Crippen LogP contribution < -0.4 is 9.80 Å². The number of benzene rings is 12. The SMILES string of the molecule is c1ccc(-c2ccc3c4c2-c2ccc(N(c5ccc6c(c5)C(c5ccccc5)(c5ccccc5)c5ccccc5-6)c5cccc6sc7ccccc7c56)cc2C4(c2ccccc2)c2ccccc2N3c2ccccc2)cc1. The highest BCUT2D eigenvalue weighted by Gasteiger charge is 2.54. The summed E-state index contributed by atoms with van der Waals surface area (Å²) in [5.74, 6) is 0. The second kappa shape index (κ2) is 17.0. The van der Waals surface area contributed by atoms with Gasteiger partial charge in [-0.25, -0.2) is 0 Å². The van der Waals surface area contributed by atoms with Crippen molar-refractivity contribution in [2.75, 3.05) is 9.80 Å². The zero-order chi connectivity index (χ0) is 50.7. The smallest absolute Gasteiger partial charge is 0.0755 e. The lowest BCUT2D eigenvalue weighted by molar-refractivity contribution is 0.753. The maximum atomic E-state index is 2.58.